The van der Waals surface area contributed by atoms with Gasteiger partial charge in [-0.15, -0.1) is 0 Å². The molecule has 88 valence electrons. The molecule has 5 nitrogen and oxygen atoms in total. The van der Waals surface area contributed by atoms with Crippen LogP contribution in [0.2, 0.25) is 10.0 Å². The summed E-state index contributed by atoms with van der Waals surface area (Å²) in [6, 6.07) is 6.70. The highest BCUT2D eigenvalue weighted by Gasteiger charge is 2.00. The van der Waals surface area contributed by atoms with E-state index in [1.807, 2.05) is 6.07 Å². The number of nitrogens with zero attached hydrogens (tertiary/aromatic N) is 3. The highest BCUT2D eigenvalue weighted by Crippen LogP contribution is 2.25. The van der Waals surface area contributed by atoms with E-state index in [1.165, 1.54) is 13.3 Å². The molecule has 0 saturated carbocycles. The van der Waals surface area contributed by atoms with Gasteiger partial charge >= 0.3 is 0 Å². The molecular formula is C10H8Cl2N4O. The zero-order valence-electron chi connectivity index (χ0n) is 8.82. The van der Waals surface area contributed by atoms with Crippen LogP contribution in [0.1, 0.15) is 0 Å². The van der Waals surface area contributed by atoms with Gasteiger partial charge in [-0.1, -0.05) is 28.4 Å². The standard InChI is InChI=1S/C10H8Cl2N4O/c1-17-14-6-8(5-13)15-16-10-3-2-7(11)4-9(10)12/h2-4,6,16H,1H3/b14-6+,15-8+. The van der Waals surface area contributed by atoms with Crippen LogP contribution in [0.4, 0.5) is 5.69 Å². The second-order valence-electron chi connectivity index (χ2n) is 2.76. The number of oxime groups is 1. The Kier molecular flexibility index (Phi) is 5.27. The van der Waals surface area contributed by atoms with Gasteiger partial charge in [-0.3, -0.25) is 5.43 Å². The van der Waals surface area contributed by atoms with Gasteiger partial charge in [0.05, 0.1) is 10.7 Å². The predicted octanol–water partition coefficient (Wildman–Crippen LogP) is 2.92. The molecule has 0 bridgehead atoms. The van der Waals surface area contributed by atoms with Gasteiger partial charge in [-0.2, -0.15) is 10.4 Å². The maximum atomic E-state index is 8.72. The normalized spacial score (nSPS) is 11.3. The van der Waals surface area contributed by atoms with Crippen molar-refractivity contribution in [3.8, 4) is 6.07 Å². The summed E-state index contributed by atoms with van der Waals surface area (Å²) in [4.78, 5) is 4.43. The average molecular weight is 271 g/mol. The van der Waals surface area contributed by atoms with Crippen LogP contribution in [0.3, 0.4) is 0 Å². The lowest BCUT2D eigenvalue weighted by molar-refractivity contribution is 0.216. The molecule has 0 atom stereocenters. The van der Waals surface area contributed by atoms with Crippen molar-refractivity contribution in [1.29, 1.82) is 5.26 Å². The van der Waals surface area contributed by atoms with Gasteiger partial charge in [0.15, 0.2) is 5.71 Å². The molecule has 0 aliphatic heterocycles. The van der Waals surface area contributed by atoms with E-state index < -0.39 is 0 Å². The molecule has 1 N–H and O–H groups in total. The van der Waals surface area contributed by atoms with Crippen LogP contribution in [0.5, 0.6) is 0 Å². The van der Waals surface area contributed by atoms with Crippen molar-refractivity contribution in [1.82, 2.24) is 0 Å². The first-order chi connectivity index (χ1) is 8.17. The molecule has 0 amide bonds. The van der Waals surface area contributed by atoms with Crippen LogP contribution >= 0.6 is 23.2 Å². The molecule has 1 aromatic rings. The first kappa shape index (κ1) is 13.3. The lowest BCUT2D eigenvalue weighted by Crippen LogP contribution is -2.01. The molecule has 0 heterocycles. The number of hydrogen-bond acceptors (Lipinski definition) is 5. The number of nitrogens with one attached hydrogen (secondary N) is 1. The largest absolute Gasteiger partial charge is 0.399 e. The quantitative estimate of drug-likeness (QED) is 0.676. The molecule has 7 heteroatoms. The highest BCUT2D eigenvalue weighted by atomic mass is 35.5. The monoisotopic (exact) mass is 270 g/mol. The molecule has 0 spiro atoms. The summed E-state index contributed by atoms with van der Waals surface area (Å²) >= 11 is 11.6. The number of nitriles is 1. The Morgan fingerprint density at radius 2 is 2.29 bits per heavy atom. The minimum absolute atomic E-state index is 0.0536. The minimum atomic E-state index is 0.0536. The van der Waals surface area contributed by atoms with E-state index in [0.29, 0.717) is 15.7 Å². The predicted molar refractivity (Wildman–Crippen MR) is 68.6 cm³/mol. The fraction of sp³-hybridized carbons (Fsp3) is 0.100. The molecule has 0 aliphatic rings. The molecule has 0 aliphatic carbocycles. The summed E-state index contributed by atoms with van der Waals surface area (Å²) in [5.41, 5.74) is 3.22. The number of anilines is 1. The van der Waals surface area contributed by atoms with Gasteiger partial charge in [0, 0.05) is 5.02 Å². The van der Waals surface area contributed by atoms with Crippen molar-refractivity contribution in [3.05, 3.63) is 28.2 Å². The fourth-order valence-corrected chi connectivity index (χ4v) is 1.34. The van der Waals surface area contributed by atoms with Crippen LogP contribution in [-0.4, -0.2) is 19.0 Å². The van der Waals surface area contributed by atoms with Crippen LogP contribution in [0.25, 0.3) is 0 Å². The SMILES string of the molecule is CO/N=C/C(C#N)=N/Nc1ccc(Cl)cc1Cl. The average Bonchev–Trinajstić information content (AvgIpc) is 2.31. The lowest BCUT2D eigenvalue weighted by Gasteiger charge is -2.02. The molecule has 0 unspecified atom stereocenters. The van der Waals surface area contributed by atoms with Crippen molar-refractivity contribution < 1.29 is 4.84 Å². The Morgan fingerprint density at radius 3 is 2.88 bits per heavy atom. The molecule has 1 aromatic carbocycles. The maximum Gasteiger partial charge on any atom is 0.182 e. The molecular weight excluding hydrogens is 263 g/mol. The number of rotatable bonds is 4. The molecule has 0 saturated heterocycles. The van der Waals surface area contributed by atoms with Crippen molar-refractivity contribution in [3.63, 3.8) is 0 Å². The summed E-state index contributed by atoms with van der Waals surface area (Å²) in [6.45, 7) is 0. The van der Waals surface area contributed by atoms with Crippen molar-refractivity contribution in [2.24, 2.45) is 10.3 Å². The van der Waals surface area contributed by atoms with Crippen LogP contribution < -0.4 is 5.43 Å². The first-order valence-corrected chi connectivity index (χ1v) is 5.18. The van der Waals surface area contributed by atoms with E-state index in [2.05, 4.69) is 20.5 Å². The Morgan fingerprint density at radius 1 is 1.53 bits per heavy atom. The molecule has 0 fully saturated rings. The summed E-state index contributed by atoms with van der Waals surface area (Å²) in [5, 5.41) is 16.9. The first-order valence-electron chi connectivity index (χ1n) is 4.42. The summed E-state index contributed by atoms with van der Waals surface area (Å²) in [5.74, 6) is 0. The van der Waals surface area contributed by atoms with Gasteiger partial charge in [0.1, 0.15) is 19.4 Å². The fourth-order valence-electron chi connectivity index (χ4n) is 0.886. The minimum Gasteiger partial charge on any atom is -0.399 e. The molecule has 0 radical (unpaired) electrons. The Balaban J connectivity index is 2.81. The van der Waals surface area contributed by atoms with Gasteiger partial charge in [-0.25, -0.2) is 0 Å². The second kappa shape index (κ2) is 6.74. The third-order valence-corrected chi connectivity index (χ3v) is 2.17. The lowest BCUT2D eigenvalue weighted by atomic mass is 10.3. The Hall–Kier alpha value is -1.77. The van der Waals surface area contributed by atoms with Crippen LogP contribution in [-0.2, 0) is 4.84 Å². The number of hydrazone groups is 1. The second-order valence-corrected chi connectivity index (χ2v) is 3.61. The zero-order valence-corrected chi connectivity index (χ0v) is 10.3. The van der Waals surface area contributed by atoms with E-state index in [9.17, 15) is 0 Å². The Bertz CT molecular complexity index is 494. The number of hydrogen-bond donors (Lipinski definition) is 1. The molecule has 17 heavy (non-hydrogen) atoms. The highest BCUT2D eigenvalue weighted by molar-refractivity contribution is 6.38. The Labute approximate surface area is 108 Å². The van der Waals surface area contributed by atoms with E-state index in [-0.39, 0.29) is 5.71 Å². The third kappa shape index (κ3) is 4.31. The van der Waals surface area contributed by atoms with Crippen molar-refractivity contribution in [2.75, 3.05) is 12.5 Å². The number of halogens is 2. The van der Waals surface area contributed by atoms with Gasteiger partial charge in [-0.05, 0) is 18.2 Å². The van der Waals surface area contributed by atoms with Gasteiger partial charge < -0.3 is 4.84 Å². The maximum absolute atomic E-state index is 8.72. The van der Waals surface area contributed by atoms with Gasteiger partial charge in [0.2, 0.25) is 0 Å². The smallest absolute Gasteiger partial charge is 0.182 e. The summed E-state index contributed by atoms with van der Waals surface area (Å²) < 4.78 is 0. The molecule has 1 rings (SSSR count). The van der Waals surface area contributed by atoms with Gasteiger partial charge in [0.25, 0.3) is 0 Å². The van der Waals surface area contributed by atoms with E-state index in [0.717, 1.165) is 0 Å². The topological polar surface area (TPSA) is 69.8 Å². The van der Waals surface area contributed by atoms with Crippen molar-refractivity contribution >= 4 is 40.8 Å². The van der Waals surface area contributed by atoms with Crippen LogP contribution in [0, 0.1) is 11.3 Å². The summed E-state index contributed by atoms with van der Waals surface area (Å²) in [7, 11) is 1.37. The van der Waals surface area contributed by atoms with Crippen LogP contribution in [0.15, 0.2) is 28.5 Å². The van der Waals surface area contributed by atoms with E-state index in [1.54, 1.807) is 18.2 Å². The van der Waals surface area contributed by atoms with Crippen molar-refractivity contribution in [2.45, 2.75) is 0 Å². The molecule has 0 aromatic heterocycles. The number of benzene rings is 1. The zero-order chi connectivity index (χ0) is 12.7. The third-order valence-electron chi connectivity index (χ3n) is 1.62. The van der Waals surface area contributed by atoms with E-state index in [4.69, 9.17) is 28.5 Å². The van der Waals surface area contributed by atoms with E-state index >= 15 is 0 Å². The summed E-state index contributed by atoms with van der Waals surface area (Å²) in [6.07, 6.45) is 1.18.